The third-order valence-corrected chi connectivity index (χ3v) is 3.45. The minimum absolute atomic E-state index is 0.115. The molecule has 1 fully saturated rings. The molecule has 2 heterocycles. The van der Waals surface area contributed by atoms with Gasteiger partial charge in [-0.05, 0) is 25.0 Å². The monoisotopic (exact) mass is 278 g/mol. The Kier molecular flexibility index (Phi) is 2.98. The minimum atomic E-state index is -0.773. The third-order valence-electron chi connectivity index (χ3n) is 3.26. The van der Waals surface area contributed by atoms with Crippen LogP contribution in [0.2, 0.25) is 5.15 Å². The number of nitrogens with zero attached hydrogens (tertiary/aromatic N) is 2. The Balaban J connectivity index is 1.83. The maximum atomic E-state index is 10.7. The SMILES string of the molecule is O=C(O)C1CC(Oc2nc(Cl)cc3ncccc23)C1. The second kappa shape index (κ2) is 4.66. The van der Waals surface area contributed by atoms with E-state index in [0.717, 1.165) is 5.39 Å². The van der Waals surface area contributed by atoms with Crippen molar-refractivity contribution in [1.29, 1.82) is 0 Å². The predicted molar refractivity (Wildman–Crippen MR) is 69.3 cm³/mol. The number of aliphatic carboxylic acids is 1. The first kappa shape index (κ1) is 12.2. The van der Waals surface area contributed by atoms with Crippen molar-refractivity contribution in [1.82, 2.24) is 9.97 Å². The van der Waals surface area contributed by atoms with Gasteiger partial charge in [0.1, 0.15) is 11.3 Å². The van der Waals surface area contributed by atoms with Gasteiger partial charge in [-0.3, -0.25) is 9.78 Å². The van der Waals surface area contributed by atoms with E-state index < -0.39 is 5.97 Å². The summed E-state index contributed by atoms with van der Waals surface area (Å²) in [6.07, 6.45) is 2.57. The van der Waals surface area contributed by atoms with Crippen molar-refractivity contribution < 1.29 is 14.6 Å². The molecular formula is C13H11ClN2O3. The highest BCUT2D eigenvalue weighted by atomic mass is 35.5. The summed E-state index contributed by atoms with van der Waals surface area (Å²) < 4.78 is 5.73. The minimum Gasteiger partial charge on any atom is -0.481 e. The molecule has 1 aliphatic carbocycles. The summed E-state index contributed by atoms with van der Waals surface area (Å²) in [5, 5.41) is 9.93. The van der Waals surface area contributed by atoms with E-state index in [-0.39, 0.29) is 12.0 Å². The van der Waals surface area contributed by atoms with E-state index in [1.807, 2.05) is 6.07 Å². The van der Waals surface area contributed by atoms with Gasteiger partial charge in [0, 0.05) is 12.3 Å². The molecular weight excluding hydrogens is 268 g/mol. The van der Waals surface area contributed by atoms with Crippen molar-refractivity contribution in [2.75, 3.05) is 0 Å². The molecule has 98 valence electrons. The lowest BCUT2D eigenvalue weighted by Crippen LogP contribution is -2.38. The van der Waals surface area contributed by atoms with Crippen LogP contribution in [0.3, 0.4) is 0 Å². The Labute approximate surface area is 114 Å². The van der Waals surface area contributed by atoms with Gasteiger partial charge in [-0.2, -0.15) is 0 Å². The van der Waals surface area contributed by atoms with Gasteiger partial charge in [-0.1, -0.05) is 11.6 Å². The van der Waals surface area contributed by atoms with E-state index in [2.05, 4.69) is 9.97 Å². The first-order chi connectivity index (χ1) is 9.13. The number of ether oxygens (including phenoxy) is 1. The van der Waals surface area contributed by atoms with Gasteiger partial charge in [0.05, 0.1) is 16.8 Å². The van der Waals surface area contributed by atoms with Crippen LogP contribution in [0.5, 0.6) is 5.88 Å². The van der Waals surface area contributed by atoms with Crippen molar-refractivity contribution in [3.63, 3.8) is 0 Å². The van der Waals surface area contributed by atoms with Gasteiger partial charge in [-0.25, -0.2) is 4.98 Å². The van der Waals surface area contributed by atoms with Crippen LogP contribution < -0.4 is 4.74 Å². The zero-order valence-electron chi connectivity index (χ0n) is 9.91. The average Bonchev–Trinajstić information content (AvgIpc) is 2.32. The van der Waals surface area contributed by atoms with E-state index in [0.29, 0.717) is 29.4 Å². The van der Waals surface area contributed by atoms with Crippen molar-refractivity contribution in [3.05, 3.63) is 29.5 Å². The van der Waals surface area contributed by atoms with E-state index >= 15 is 0 Å². The van der Waals surface area contributed by atoms with Crippen LogP contribution >= 0.6 is 11.6 Å². The zero-order valence-corrected chi connectivity index (χ0v) is 10.7. The smallest absolute Gasteiger partial charge is 0.306 e. The highest BCUT2D eigenvalue weighted by molar-refractivity contribution is 6.30. The number of carboxylic acid groups (broad SMARTS) is 1. The summed E-state index contributed by atoms with van der Waals surface area (Å²) in [5.74, 6) is -0.663. The second-order valence-electron chi connectivity index (χ2n) is 4.57. The van der Waals surface area contributed by atoms with Gasteiger partial charge in [0.25, 0.3) is 0 Å². The van der Waals surface area contributed by atoms with Crippen LogP contribution in [0, 0.1) is 5.92 Å². The second-order valence-corrected chi connectivity index (χ2v) is 4.95. The fraction of sp³-hybridized carbons (Fsp3) is 0.308. The molecule has 0 spiro atoms. The molecule has 0 bridgehead atoms. The molecule has 0 saturated heterocycles. The highest BCUT2D eigenvalue weighted by Gasteiger charge is 2.36. The highest BCUT2D eigenvalue weighted by Crippen LogP contribution is 2.33. The fourth-order valence-corrected chi connectivity index (χ4v) is 2.31. The topological polar surface area (TPSA) is 72.3 Å². The normalized spacial score (nSPS) is 21.9. The van der Waals surface area contributed by atoms with Gasteiger partial charge >= 0.3 is 5.97 Å². The lowest BCUT2D eigenvalue weighted by molar-refractivity contribution is -0.148. The quantitative estimate of drug-likeness (QED) is 0.874. The van der Waals surface area contributed by atoms with Crippen molar-refractivity contribution in [2.45, 2.75) is 18.9 Å². The van der Waals surface area contributed by atoms with Crippen LogP contribution in [0.15, 0.2) is 24.4 Å². The zero-order chi connectivity index (χ0) is 13.4. The lowest BCUT2D eigenvalue weighted by atomic mass is 9.82. The van der Waals surface area contributed by atoms with Gasteiger partial charge in [0.15, 0.2) is 0 Å². The molecule has 0 aromatic carbocycles. The Morgan fingerprint density at radius 1 is 1.47 bits per heavy atom. The molecule has 1 aliphatic rings. The number of fused-ring (bicyclic) bond motifs is 1. The van der Waals surface area contributed by atoms with E-state index in [1.54, 1.807) is 18.3 Å². The summed E-state index contributed by atoms with van der Waals surface area (Å²) in [5.41, 5.74) is 0.714. The molecule has 2 aromatic heterocycles. The number of hydrogen-bond donors (Lipinski definition) is 1. The van der Waals surface area contributed by atoms with Gasteiger partial charge in [0.2, 0.25) is 5.88 Å². The van der Waals surface area contributed by atoms with Crippen LogP contribution in [0.25, 0.3) is 10.9 Å². The molecule has 3 rings (SSSR count). The van der Waals surface area contributed by atoms with E-state index in [1.165, 1.54) is 0 Å². The molecule has 19 heavy (non-hydrogen) atoms. The molecule has 0 amide bonds. The predicted octanol–water partition coefficient (Wildman–Crippen LogP) is 2.53. The molecule has 2 aromatic rings. The summed E-state index contributed by atoms with van der Waals surface area (Å²) in [6, 6.07) is 5.32. The summed E-state index contributed by atoms with van der Waals surface area (Å²) in [6.45, 7) is 0. The molecule has 0 atom stereocenters. The Morgan fingerprint density at radius 2 is 2.26 bits per heavy atom. The fourth-order valence-electron chi connectivity index (χ4n) is 2.13. The van der Waals surface area contributed by atoms with Crippen LogP contribution in [0.4, 0.5) is 0 Å². The Morgan fingerprint density at radius 3 is 3.00 bits per heavy atom. The average molecular weight is 279 g/mol. The van der Waals surface area contributed by atoms with E-state index in [4.69, 9.17) is 21.4 Å². The molecule has 0 aliphatic heterocycles. The number of rotatable bonds is 3. The molecule has 6 heteroatoms. The number of hydrogen-bond acceptors (Lipinski definition) is 4. The van der Waals surface area contributed by atoms with Crippen molar-refractivity contribution in [3.8, 4) is 5.88 Å². The summed E-state index contributed by atoms with van der Waals surface area (Å²) >= 11 is 5.92. The standard InChI is InChI=1S/C13H11ClN2O3/c14-11-6-10-9(2-1-3-15-10)12(16-11)19-8-4-7(5-8)13(17)18/h1-3,6-8H,4-5H2,(H,17,18). The first-order valence-corrected chi connectivity index (χ1v) is 6.32. The van der Waals surface area contributed by atoms with E-state index in [9.17, 15) is 4.79 Å². The molecule has 1 N–H and O–H groups in total. The van der Waals surface area contributed by atoms with Crippen molar-refractivity contribution >= 4 is 28.5 Å². The number of carboxylic acids is 1. The van der Waals surface area contributed by atoms with Crippen molar-refractivity contribution in [2.24, 2.45) is 5.92 Å². The van der Waals surface area contributed by atoms with Crippen LogP contribution in [0.1, 0.15) is 12.8 Å². The maximum Gasteiger partial charge on any atom is 0.306 e. The van der Waals surface area contributed by atoms with Gasteiger partial charge < -0.3 is 9.84 Å². The number of halogens is 1. The molecule has 0 radical (unpaired) electrons. The Hall–Kier alpha value is -1.88. The number of carbonyl (C=O) groups is 1. The van der Waals surface area contributed by atoms with Gasteiger partial charge in [-0.15, -0.1) is 0 Å². The lowest BCUT2D eigenvalue weighted by Gasteiger charge is -2.32. The van der Waals surface area contributed by atoms with Crippen LogP contribution in [-0.2, 0) is 4.79 Å². The molecule has 0 unspecified atom stereocenters. The molecule has 5 nitrogen and oxygen atoms in total. The summed E-state index contributed by atoms with van der Waals surface area (Å²) in [4.78, 5) is 19.1. The molecule has 1 saturated carbocycles. The Bertz CT molecular complexity index is 641. The number of aromatic nitrogens is 2. The summed E-state index contributed by atoms with van der Waals surface area (Å²) in [7, 11) is 0. The first-order valence-electron chi connectivity index (χ1n) is 5.94. The van der Waals surface area contributed by atoms with Crippen LogP contribution in [-0.4, -0.2) is 27.1 Å². The third kappa shape index (κ3) is 2.33. The largest absolute Gasteiger partial charge is 0.481 e. The maximum absolute atomic E-state index is 10.7. The number of pyridine rings is 2.